The van der Waals surface area contributed by atoms with Crippen LogP contribution in [0.15, 0.2) is 12.3 Å². The van der Waals surface area contributed by atoms with Gasteiger partial charge in [0.2, 0.25) is 5.88 Å². The second kappa shape index (κ2) is 12.9. The number of ether oxygens (including phenoxy) is 3. The first-order chi connectivity index (χ1) is 25.6. The number of anilines is 1. The van der Waals surface area contributed by atoms with Crippen molar-refractivity contribution in [2.75, 3.05) is 51.5 Å². The molecule has 6 atom stereocenters. The lowest BCUT2D eigenvalue weighted by atomic mass is 9.61. The number of hydrogen-bond acceptors (Lipinski definition) is 11. The van der Waals surface area contributed by atoms with Crippen LogP contribution >= 0.6 is 11.6 Å². The number of aryl methyl sites for hydroxylation is 1. The number of hydrogen-bond donors (Lipinski definition) is 2. The molecule has 2 aliphatic heterocycles. The van der Waals surface area contributed by atoms with Gasteiger partial charge in [-0.3, -0.25) is 10.00 Å². The van der Waals surface area contributed by atoms with Crippen LogP contribution in [0.1, 0.15) is 70.3 Å². The monoisotopic (exact) mass is 744 g/mol. The van der Waals surface area contributed by atoms with Crippen LogP contribution in [0.4, 0.5) is 10.2 Å². The minimum Gasteiger partial charge on any atom is -0.480 e. The number of rotatable bonds is 7. The predicted octanol–water partition coefficient (Wildman–Crippen LogP) is 6.36. The summed E-state index contributed by atoms with van der Waals surface area (Å²) in [7, 11) is 1.48. The summed E-state index contributed by atoms with van der Waals surface area (Å²) in [5.41, 5.74) is 0.357. The highest BCUT2D eigenvalue weighted by Gasteiger charge is 2.60. The maximum absolute atomic E-state index is 17.3. The van der Waals surface area contributed by atoms with Crippen molar-refractivity contribution in [1.82, 2.24) is 30.0 Å². The van der Waals surface area contributed by atoms with Gasteiger partial charge in [0.05, 0.1) is 61.7 Å². The average molecular weight is 745 g/mol. The Morgan fingerprint density at radius 3 is 2.75 bits per heavy atom. The number of nitrogens with zero attached hydrogens (tertiary/aromatic N) is 7. The summed E-state index contributed by atoms with van der Waals surface area (Å²) in [5.74, 6) is 0.238. The molecule has 280 valence electrons. The van der Waals surface area contributed by atoms with E-state index in [0.717, 1.165) is 69.9 Å². The molecule has 2 saturated heterocycles. The van der Waals surface area contributed by atoms with Gasteiger partial charge in [0.15, 0.2) is 5.82 Å². The number of fused-ring (bicyclic) bond motifs is 4. The average Bonchev–Trinajstić information content (AvgIpc) is 3.81. The number of likely N-dealkylation sites (tertiary alicyclic amines) is 1. The fourth-order valence-electron chi connectivity index (χ4n) is 10.6. The first kappa shape index (κ1) is 34.9. The normalized spacial score (nSPS) is 31.6. The topological polar surface area (TPSA) is 146 Å². The van der Waals surface area contributed by atoms with Crippen LogP contribution in [-0.4, -0.2) is 99.4 Å². The summed E-state index contributed by atoms with van der Waals surface area (Å²) in [6, 6.07) is 5.42. The lowest BCUT2D eigenvalue weighted by molar-refractivity contribution is -0.0488. The van der Waals surface area contributed by atoms with Crippen molar-refractivity contribution in [2.24, 2.45) is 16.7 Å². The highest BCUT2D eigenvalue weighted by atomic mass is 35.5. The van der Waals surface area contributed by atoms with E-state index in [1.165, 1.54) is 7.11 Å². The van der Waals surface area contributed by atoms with Crippen molar-refractivity contribution in [3.8, 4) is 29.2 Å². The minimum atomic E-state index is -1.19. The van der Waals surface area contributed by atoms with E-state index in [1.54, 1.807) is 13.1 Å². The van der Waals surface area contributed by atoms with E-state index in [1.807, 2.05) is 17.9 Å². The molecule has 4 aromatic rings. The summed E-state index contributed by atoms with van der Waals surface area (Å²) in [4.78, 5) is 19.1. The third-order valence-corrected chi connectivity index (χ3v) is 13.7. The van der Waals surface area contributed by atoms with Crippen LogP contribution in [0.3, 0.4) is 0 Å². The number of nitrogens with one attached hydrogen (secondary N) is 1. The van der Waals surface area contributed by atoms with Crippen LogP contribution in [0.25, 0.3) is 33.1 Å². The Bertz CT molecular complexity index is 2140. The summed E-state index contributed by atoms with van der Waals surface area (Å²) >= 11 is 6.88. The molecule has 5 aliphatic rings. The van der Waals surface area contributed by atoms with E-state index in [0.29, 0.717) is 65.1 Å². The third kappa shape index (κ3) is 5.54. The Labute approximate surface area is 313 Å². The highest BCUT2D eigenvalue weighted by Crippen LogP contribution is 2.60. The number of piperidine rings is 1. The van der Waals surface area contributed by atoms with Crippen LogP contribution in [0, 0.1) is 40.8 Å². The molecule has 12 nitrogen and oxygen atoms in total. The van der Waals surface area contributed by atoms with Gasteiger partial charge in [-0.05, 0) is 89.3 Å². The molecule has 9 rings (SSSR count). The Morgan fingerprint density at radius 2 is 1.98 bits per heavy atom. The molecule has 5 heterocycles. The molecule has 2 N–H and O–H groups in total. The second-order valence-corrected chi connectivity index (χ2v) is 16.8. The number of halogens is 2. The standard InChI is InChI=1S/C39H46ClFN8O4/c1-22-16-25-23(17-43-47-25)28(30(22)40)32-31(41)33-29(35(44-32)51-3)34(48-14-15-52-20-37(2,50)19-48)46-36(45-33)53-21-39-9-4-6-27(39)49(13-5-10-39)26-8-12-38(18-42)11-7-24(26)38/h16-17,24,26-27,50H,4-15,19-21H2,1-3H3,(H,43,47). The fraction of sp³-hybridized carbons (Fsp3) is 0.615. The Morgan fingerprint density at radius 1 is 1.15 bits per heavy atom. The van der Waals surface area contributed by atoms with Gasteiger partial charge in [-0.25, -0.2) is 9.37 Å². The second-order valence-electron chi connectivity index (χ2n) is 16.4. The number of aliphatic hydroxyl groups is 1. The molecule has 3 saturated carbocycles. The first-order valence-corrected chi connectivity index (χ1v) is 19.4. The maximum atomic E-state index is 17.3. The smallest absolute Gasteiger partial charge is 0.319 e. The first-order valence-electron chi connectivity index (χ1n) is 19.0. The molecule has 0 bridgehead atoms. The largest absolute Gasteiger partial charge is 0.480 e. The van der Waals surface area contributed by atoms with E-state index in [2.05, 4.69) is 21.2 Å². The third-order valence-electron chi connectivity index (χ3n) is 13.2. The molecule has 53 heavy (non-hydrogen) atoms. The number of pyridine rings is 1. The Balaban J connectivity index is 1.14. The molecule has 0 spiro atoms. The van der Waals surface area contributed by atoms with Crippen molar-refractivity contribution in [3.05, 3.63) is 28.7 Å². The van der Waals surface area contributed by atoms with Gasteiger partial charge in [-0.2, -0.15) is 20.3 Å². The van der Waals surface area contributed by atoms with Gasteiger partial charge in [0.25, 0.3) is 0 Å². The minimum absolute atomic E-state index is 0.0135. The van der Waals surface area contributed by atoms with Crippen LogP contribution < -0.4 is 14.4 Å². The summed E-state index contributed by atoms with van der Waals surface area (Å²) < 4.78 is 35.5. The molecule has 5 fully saturated rings. The van der Waals surface area contributed by atoms with Crippen LogP contribution in [-0.2, 0) is 4.74 Å². The highest BCUT2D eigenvalue weighted by molar-refractivity contribution is 6.35. The summed E-state index contributed by atoms with van der Waals surface area (Å²) in [5, 5.41) is 29.6. The molecule has 3 aliphatic carbocycles. The maximum Gasteiger partial charge on any atom is 0.319 e. The Kier molecular flexibility index (Phi) is 8.49. The molecule has 0 radical (unpaired) electrons. The van der Waals surface area contributed by atoms with Crippen LogP contribution in [0.5, 0.6) is 11.9 Å². The van der Waals surface area contributed by atoms with Crippen molar-refractivity contribution in [3.63, 3.8) is 0 Å². The van der Waals surface area contributed by atoms with Crippen molar-refractivity contribution in [2.45, 2.75) is 89.3 Å². The quantitative estimate of drug-likeness (QED) is 0.218. The van der Waals surface area contributed by atoms with Gasteiger partial charge < -0.3 is 24.2 Å². The van der Waals surface area contributed by atoms with Gasteiger partial charge in [-0.1, -0.05) is 18.0 Å². The molecule has 14 heteroatoms. The molecule has 1 aromatic carbocycles. The lowest BCUT2D eigenvalue weighted by Gasteiger charge is -2.52. The summed E-state index contributed by atoms with van der Waals surface area (Å²) in [6.07, 6.45) is 11.2. The number of aromatic amines is 1. The lowest BCUT2D eigenvalue weighted by Crippen LogP contribution is -2.58. The van der Waals surface area contributed by atoms with E-state index < -0.39 is 11.4 Å². The molecular formula is C39H46ClFN8O4. The number of aromatic nitrogens is 5. The number of nitriles is 1. The van der Waals surface area contributed by atoms with Gasteiger partial charge in [0, 0.05) is 35.0 Å². The van der Waals surface area contributed by atoms with Crippen molar-refractivity contribution >= 4 is 39.2 Å². The van der Waals surface area contributed by atoms with Crippen molar-refractivity contribution in [1.29, 1.82) is 5.26 Å². The van der Waals surface area contributed by atoms with E-state index >= 15 is 4.39 Å². The number of β-amino-alcohol motifs (C(OH)–C–C–N with tert-alkyl or cyclic N) is 1. The van der Waals surface area contributed by atoms with Crippen molar-refractivity contribution < 1.29 is 23.7 Å². The SMILES string of the molecule is COc1nc(-c2c(Cl)c(C)cc3[nH]ncc23)c(F)c2nc(OCC34CCCC3N(C3CCC5(C#N)CCC35)CCC4)nc(N3CCOCC(C)(O)C3)c12. The molecule has 6 unspecified atom stereocenters. The van der Waals surface area contributed by atoms with Gasteiger partial charge >= 0.3 is 6.01 Å². The molecule has 0 amide bonds. The zero-order chi connectivity index (χ0) is 36.7. The van der Waals surface area contributed by atoms with E-state index in [-0.39, 0.29) is 52.5 Å². The zero-order valence-electron chi connectivity index (χ0n) is 30.6. The molecular weight excluding hydrogens is 699 g/mol. The van der Waals surface area contributed by atoms with Gasteiger partial charge in [-0.15, -0.1) is 0 Å². The Hall–Kier alpha value is -3.83. The van der Waals surface area contributed by atoms with E-state index in [4.69, 9.17) is 40.8 Å². The number of benzene rings is 1. The number of H-pyrrole nitrogens is 1. The zero-order valence-corrected chi connectivity index (χ0v) is 31.3. The summed E-state index contributed by atoms with van der Waals surface area (Å²) in [6.45, 7) is 6.06. The van der Waals surface area contributed by atoms with Gasteiger partial charge in [0.1, 0.15) is 28.0 Å². The fourth-order valence-corrected chi connectivity index (χ4v) is 10.8. The predicted molar refractivity (Wildman–Crippen MR) is 198 cm³/mol. The number of methoxy groups -OCH3 is 1. The van der Waals surface area contributed by atoms with E-state index in [9.17, 15) is 10.4 Å². The molecule has 3 aromatic heterocycles. The van der Waals surface area contributed by atoms with Crippen LogP contribution in [0.2, 0.25) is 5.02 Å².